The van der Waals surface area contributed by atoms with E-state index in [0.29, 0.717) is 44.6 Å². The first-order valence-corrected chi connectivity index (χ1v) is 8.67. The summed E-state index contributed by atoms with van der Waals surface area (Å²) in [4.78, 5) is 16.8. The number of nitrogens with one attached hydrogen (secondary N) is 1. The van der Waals surface area contributed by atoms with E-state index < -0.39 is 0 Å². The number of benzene rings is 1. The maximum atomic E-state index is 12.5. The molecule has 1 N–H and O–H groups in total. The third-order valence-electron chi connectivity index (χ3n) is 3.90. The van der Waals surface area contributed by atoms with Gasteiger partial charge >= 0.3 is 0 Å². The fraction of sp³-hybridized carbons (Fsp3) is 0.278. The molecule has 0 saturated heterocycles. The van der Waals surface area contributed by atoms with Crippen LogP contribution in [-0.2, 0) is 6.42 Å². The van der Waals surface area contributed by atoms with Crippen molar-refractivity contribution in [1.29, 1.82) is 0 Å². The summed E-state index contributed by atoms with van der Waals surface area (Å²) in [6.45, 7) is 4.16. The van der Waals surface area contributed by atoms with Gasteiger partial charge in [0.2, 0.25) is 0 Å². The Morgan fingerprint density at radius 2 is 2.00 bits per heavy atom. The second-order valence-corrected chi connectivity index (χ2v) is 6.68. The molecule has 0 saturated carbocycles. The van der Waals surface area contributed by atoms with Crippen molar-refractivity contribution >= 4 is 40.2 Å². The van der Waals surface area contributed by atoms with E-state index in [1.54, 1.807) is 19.1 Å². The fourth-order valence-electron chi connectivity index (χ4n) is 2.68. The van der Waals surface area contributed by atoms with Crippen molar-refractivity contribution in [2.24, 2.45) is 0 Å². The minimum atomic E-state index is -0.157. The molecule has 0 spiro atoms. The second-order valence-electron chi connectivity index (χ2n) is 5.87. The predicted molar refractivity (Wildman–Crippen MR) is 98.4 cm³/mol. The van der Waals surface area contributed by atoms with E-state index >= 15 is 0 Å². The van der Waals surface area contributed by atoms with Crippen molar-refractivity contribution in [2.45, 2.75) is 26.7 Å². The van der Waals surface area contributed by atoms with Crippen molar-refractivity contribution in [3.05, 3.63) is 56.8 Å². The maximum Gasteiger partial charge on any atom is 0.258 e. The molecular weight excluding hydrogens is 361 g/mol. The highest BCUT2D eigenvalue weighted by molar-refractivity contribution is 6.42. The molecule has 0 aliphatic heterocycles. The lowest BCUT2D eigenvalue weighted by molar-refractivity contribution is 0.0954. The number of carbonyl (C=O) groups is 1. The minimum absolute atomic E-state index is 0.157. The third-order valence-corrected chi connectivity index (χ3v) is 4.64. The van der Waals surface area contributed by atoms with E-state index in [-0.39, 0.29) is 5.91 Å². The molecular formula is C18H17Cl2N3O2. The smallest absolute Gasteiger partial charge is 0.258 e. The number of halogens is 2. The molecule has 5 nitrogen and oxygen atoms in total. The quantitative estimate of drug-likeness (QED) is 0.664. The molecule has 3 rings (SSSR count). The maximum absolute atomic E-state index is 12.5. The number of aryl methyl sites for hydroxylation is 3. The molecule has 2 aromatic heterocycles. The number of hydrogen-bond donors (Lipinski definition) is 1. The Kier molecular flexibility index (Phi) is 5.25. The van der Waals surface area contributed by atoms with Gasteiger partial charge < -0.3 is 9.84 Å². The summed E-state index contributed by atoms with van der Waals surface area (Å²) in [5.41, 5.74) is 3.38. The summed E-state index contributed by atoms with van der Waals surface area (Å²) < 4.78 is 5.16. The molecule has 0 atom stereocenters. The molecule has 7 heteroatoms. The standard InChI is InChI=1S/C18H17Cl2N3O2/c1-10-8-13(16-11(2)23-25-18(16)22-10)17(24)21-7-3-4-12-5-6-14(19)15(20)9-12/h5-6,8-9H,3-4,7H2,1-2H3,(H,21,24). The largest absolute Gasteiger partial charge is 0.352 e. The summed E-state index contributed by atoms with van der Waals surface area (Å²) in [5, 5.41) is 8.57. The molecule has 0 unspecified atom stereocenters. The van der Waals surface area contributed by atoms with Gasteiger partial charge in [-0.3, -0.25) is 4.79 Å². The Bertz CT molecular complexity index is 937. The van der Waals surface area contributed by atoms with E-state index in [2.05, 4.69) is 15.5 Å². The summed E-state index contributed by atoms with van der Waals surface area (Å²) in [7, 11) is 0. The predicted octanol–water partition coefficient (Wildman–Crippen LogP) is 4.51. The Morgan fingerprint density at radius 1 is 1.20 bits per heavy atom. The van der Waals surface area contributed by atoms with Gasteiger partial charge in [-0.2, -0.15) is 0 Å². The summed E-state index contributed by atoms with van der Waals surface area (Å²) in [6, 6.07) is 7.32. The average Bonchev–Trinajstić information content (AvgIpc) is 2.94. The zero-order valence-electron chi connectivity index (χ0n) is 13.9. The van der Waals surface area contributed by atoms with Crippen LogP contribution in [0.2, 0.25) is 10.0 Å². The lowest BCUT2D eigenvalue weighted by Crippen LogP contribution is -2.25. The molecule has 0 aliphatic carbocycles. The van der Waals surface area contributed by atoms with Crippen LogP contribution in [-0.4, -0.2) is 22.6 Å². The normalized spacial score (nSPS) is 11.0. The molecule has 0 aliphatic rings. The Balaban J connectivity index is 1.63. The van der Waals surface area contributed by atoms with Crippen molar-refractivity contribution in [3.8, 4) is 0 Å². The van der Waals surface area contributed by atoms with Crippen LogP contribution in [0.3, 0.4) is 0 Å². The number of amides is 1. The zero-order valence-corrected chi connectivity index (χ0v) is 15.4. The van der Waals surface area contributed by atoms with E-state index in [0.717, 1.165) is 18.4 Å². The molecule has 0 bridgehead atoms. The third kappa shape index (κ3) is 3.94. The molecule has 3 aromatic rings. The highest BCUT2D eigenvalue weighted by Crippen LogP contribution is 2.23. The molecule has 0 radical (unpaired) electrons. The summed E-state index contributed by atoms with van der Waals surface area (Å²) >= 11 is 11.9. The molecule has 2 heterocycles. The van der Waals surface area contributed by atoms with E-state index in [1.165, 1.54) is 0 Å². The number of pyridine rings is 1. The molecule has 1 amide bonds. The van der Waals surface area contributed by atoms with Gasteiger partial charge in [-0.15, -0.1) is 0 Å². The summed E-state index contributed by atoms with van der Waals surface area (Å²) in [6.07, 6.45) is 1.59. The van der Waals surface area contributed by atoms with Crippen LogP contribution in [0, 0.1) is 13.8 Å². The lowest BCUT2D eigenvalue weighted by Gasteiger charge is -2.07. The summed E-state index contributed by atoms with van der Waals surface area (Å²) in [5.74, 6) is -0.157. The second kappa shape index (κ2) is 7.42. The first-order valence-electron chi connectivity index (χ1n) is 7.91. The van der Waals surface area contributed by atoms with Crippen LogP contribution in [0.25, 0.3) is 11.1 Å². The van der Waals surface area contributed by atoms with Crippen LogP contribution in [0.1, 0.15) is 33.7 Å². The van der Waals surface area contributed by atoms with Gasteiger partial charge in [0.25, 0.3) is 11.6 Å². The van der Waals surface area contributed by atoms with Gasteiger partial charge in [-0.25, -0.2) is 4.98 Å². The fourth-order valence-corrected chi connectivity index (χ4v) is 3.00. The minimum Gasteiger partial charge on any atom is -0.352 e. The van der Waals surface area contributed by atoms with Crippen LogP contribution in [0.5, 0.6) is 0 Å². The highest BCUT2D eigenvalue weighted by Gasteiger charge is 2.17. The van der Waals surface area contributed by atoms with Crippen LogP contribution < -0.4 is 5.32 Å². The van der Waals surface area contributed by atoms with Gasteiger partial charge in [0.15, 0.2) is 0 Å². The van der Waals surface area contributed by atoms with Gasteiger partial charge in [0.05, 0.1) is 26.7 Å². The number of aromatic nitrogens is 2. The van der Waals surface area contributed by atoms with Crippen molar-refractivity contribution < 1.29 is 9.32 Å². The van der Waals surface area contributed by atoms with E-state index in [1.807, 2.05) is 19.1 Å². The van der Waals surface area contributed by atoms with Crippen LogP contribution in [0.4, 0.5) is 0 Å². The molecule has 25 heavy (non-hydrogen) atoms. The first-order chi connectivity index (χ1) is 12.0. The zero-order chi connectivity index (χ0) is 18.0. The molecule has 0 fully saturated rings. The van der Waals surface area contributed by atoms with Gasteiger partial charge in [-0.1, -0.05) is 34.4 Å². The number of nitrogens with zero attached hydrogens (tertiary/aromatic N) is 2. The van der Waals surface area contributed by atoms with Gasteiger partial charge in [0, 0.05) is 12.2 Å². The van der Waals surface area contributed by atoms with Crippen molar-refractivity contribution in [1.82, 2.24) is 15.5 Å². The number of carbonyl (C=O) groups excluding carboxylic acids is 1. The Hall–Kier alpha value is -2.11. The van der Waals surface area contributed by atoms with E-state index in [4.69, 9.17) is 27.7 Å². The monoisotopic (exact) mass is 377 g/mol. The molecule has 130 valence electrons. The van der Waals surface area contributed by atoms with Gasteiger partial charge in [0.1, 0.15) is 0 Å². The van der Waals surface area contributed by atoms with Crippen molar-refractivity contribution in [3.63, 3.8) is 0 Å². The van der Waals surface area contributed by atoms with E-state index in [9.17, 15) is 4.79 Å². The topological polar surface area (TPSA) is 68.0 Å². The van der Waals surface area contributed by atoms with Gasteiger partial charge in [-0.05, 0) is 50.5 Å². The lowest BCUT2D eigenvalue weighted by atomic mass is 10.1. The highest BCUT2D eigenvalue weighted by atomic mass is 35.5. The molecule has 1 aromatic carbocycles. The number of hydrogen-bond acceptors (Lipinski definition) is 4. The number of rotatable bonds is 5. The Morgan fingerprint density at radius 3 is 2.76 bits per heavy atom. The van der Waals surface area contributed by atoms with Crippen LogP contribution >= 0.6 is 23.2 Å². The average molecular weight is 378 g/mol. The van der Waals surface area contributed by atoms with Crippen LogP contribution in [0.15, 0.2) is 28.8 Å². The first kappa shape index (κ1) is 17.7. The van der Waals surface area contributed by atoms with Crippen molar-refractivity contribution in [2.75, 3.05) is 6.54 Å². The number of fused-ring (bicyclic) bond motifs is 1. The SMILES string of the molecule is Cc1cc(C(=O)NCCCc2ccc(Cl)c(Cl)c2)c2c(C)noc2n1. The Labute approximate surface area is 155 Å².